The highest BCUT2D eigenvalue weighted by molar-refractivity contribution is 4.90. The molecule has 3 saturated carbocycles. The van der Waals surface area contributed by atoms with Gasteiger partial charge >= 0.3 is 0 Å². The van der Waals surface area contributed by atoms with Crippen molar-refractivity contribution in [1.29, 1.82) is 0 Å². The molecular formula is C9H16O. The molecule has 0 heterocycles. The monoisotopic (exact) mass is 140 g/mol. The molecule has 1 heteroatoms. The van der Waals surface area contributed by atoms with Crippen LogP contribution in [0.15, 0.2) is 0 Å². The van der Waals surface area contributed by atoms with Crippen LogP contribution in [-0.4, -0.2) is 11.2 Å². The maximum atomic E-state index is 9.67. The zero-order chi connectivity index (χ0) is 7.14. The summed E-state index contributed by atoms with van der Waals surface area (Å²) in [6.45, 7) is 2.21. The van der Waals surface area contributed by atoms with Crippen LogP contribution >= 0.6 is 0 Å². The van der Waals surface area contributed by atoms with Gasteiger partial charge in [-0.05, 0) is 43.4 Å². The van der Waals surface area contributed by atoms with Gasteiger partial charge in [-0.3, -0.25) is 0 Å². The summed E-state index contributed by atoms with van der Waals surface area (Å²) in [5.41, 5.74) is 0. The van der Waals surface area contributed by atoms with Crippen LogP contribution < -0.4 is 0 Å². The summed E-state index contributed by atoms with van der Waals surface area (Å²) in [5, 5.41) is 9.67. The van der Waals surface area contributed by atoms with Gasteiger partial charge in [-0.1, -0.05) is 6.92 Å². The Balaban J connectivity index is 2.13. The first kappa shape index (κ1) is 6.66. The molecule has 2 atom stereocenters. The molecule has 0 aromatic carbocycles. The van der Waals surface area contributed by atoms with E-state index in [2.05, 4.69) is 6.92 Å². The van der Waals surface area contributed by atoms with Crippen LogP contribution in [-0.2, 0) is 0 Å². The second-order valence-electron chi connectivity index (χ2n) is 4.02. The van der Waals surface area contributed by atoms with E-state index >= 15 is 0 Å². The van der Waals surface area contributed by atoms with Gasteiger partial charge in [0.1, 0.15) is 0 Å². The Labute approximate surface area is 62.4 Å². The standard InChI is InChI=1S/C9H16O/c1-6-7-2-4-8(5-3-7)9(6)10/h6-10H,2-5H2,1H3/t6-,7?,8?,9-/m1/s1. The molecule has 2 bridgehead atoms. The Kier molecular flexibility index (Phi) is 1.48. The van der Waals surface area contributed by atoms with Gasteiger partial charge in [0.05, 0.1) is 6.10 Å². The van der Waals surface area contributed by atoms with Crippen LogP contribution in [0.5, 0.6) is 0 Å². The van der Waals surface area contributed by atoms with Crippen molar-refractivity contribution < 1.29 is 5.11 Å². The zero-order valence-corrected chi connectivity index (χ0v) is 6.59. The van der Waals surface area contributed by atoms with Crippen LogP contribution in [0.3, 0.4) is 0 Å². The minimum absolute atomic E-state index is 0.0347. The molecule has 3 aliphatic carbocycles. The van der Waals surface area contributed by atoms with Crippen molar-refractivity contribution in [3.05, 3.63) is 0 Å². The van der Waals surface area contributed by atoms with Gasteiger partial charge in [0, 0.05) is 0 Å². The van der Waals surface area contributed by atoms with Crippen LogP contribution in [0.2, 0.25) is 0 Å². The lowest BCUT2D eigenvalue weighted by molar-refractivity contribution is -0.0471. The summed E-state index contributed by atoms with van der Waals surface area (Å²) in [6.07, 6.45) is 5.37. The highest BCUT2D eigenvalue weighted by atomic mass is 16.3. The lowest BCUT2D eigenvalue weighted by Gasteiger charge is -2.44. The number of aliphatic hydroxyl groups excluding tert-OH is 1. The van der Waals surface area contributed by atoms with E-state index in [1.165, 1.54) is 25.7 Å². The first-order chi connectivity index (χ1) is 4.79. The van der Waals surface area contributed by atoms with Crippen molar-refractivity contribution >= 4 is 0 Å². The molecule has 0 saturated heterocycles. The van der Waals surface area contributed by atoms with Crippen molar-refractivity contribution in [2.75, 3.05) is 0 Å². The maximum absolute atomic E-state index is 9.67. The number of hydrogen-bond acceptors (Lipinski definition) is 1. The zero-order valence-electron chi connectivity index (χ0n) is 6.59. The molecule has 58 valence electrons. The average Bonchev–Trinajstić information content (AvgIpc) is 2.00. The van der Waals surface area contributed by atoms with E-state index < -0.39 is 0 Å². The molecular weight excluding hydrogens is 124 g/mol. The molecule has 10 heavy (non-hydrogen) atoms. The summed E-state index contributed by atoms with van der Waals surface area (Å²) >= 11 is 0. The normalized spacial score (nSPS) is 53.4. The van der Waals surface area contributed by atoms with E-state index in [4.69, 9.17) is 0 Å². The molecule has 0 aromatic heterocycles. The Hall–Kier alpha value is -0.0400. The first-order valence-electron chi connectivity index (χ1n) is 4.47. The lowest BCUT2D eigenvalue weighted by Crippen LogP contribution is -2.42. The van der Waals surface area contributed by atoms with Gasteiger partial charge in [0.25, 0.3) is 0 Å². The van der Waals surface area contributed by atoms with E-state index in [0.29, 0.717) is 11.8 Å². The predicted octanol–water partition coefficient (Wildman–Crippen LogP) is 1.80. The molecule has 3 rings (SSSR count). The largest absolute Gasteiger partial charge is 0.393 e. The highest BCUT2D eigenvalue weighted by Gasteiger charge is 2.39. The van der Waals surface area contributed by atoms with Gasteiger partial charge in [-0.2, -0.15) is 0 Å². The lowest BCUT2D eigenvalue weighted by atomic mass is 9.64. The summed E-state index contributed by atoms with van der Waals surface area (Å²) < 4.78 is 0. The number of fused-ring (bicyclic) bond motifs is 3. The van der Waals surface area contributed by atoms with Crippen molar-refractivity contribution in [1.82, 2.24) is 0 Å². The summed E-state index contributed by atoms with van der Waals surface area (Å²) in [6, 6.07) is 0. The molecule has 0 amide bonds. The number of rotatable bonds is 0. The molecule has 0 radical (unpaired) electrons. The molecule has 0 spiro atoms. The Morgan fingerprint density at radius 1 is 1.00 bits per heavy atom. The van der Waals surface area contributed by atoms with Crippen molar-refractivity contribution in [3.63, 3.8) is 0 Å². The third-order valence-electron chi connectivity index (χ3n) is 3.58. The van der Waals surface area contributed by atoms with Crippen LogP contribution in [0.1, 0.15) is 32.6 Å². The average molecular weight is 140 g/mol. The number of aliphatic hydroxyl groups is 1. The maximum Gasteiger partial charge on any atom is 0.0596 e. The summed E-state index contributed by atoms with van der Waals surface area (Å²) in [5.74, 6) is 2.09. The fourth-order valence-corrected chi connectivity index (χ4v) is 2.72. The van der Waals surface area contributed by atoms with Gasteiger partial charge in [-0.25, -0.2) is 0 Å². The molecule has 0 aliphatic heterocycles. The number of hydrogen-bond donors (Lipinski definition) is 1. The van der Waals surface area contributed by atoms with E-state index in [1.807, 2.05) is 0 Å². The molecule has 3 fully saturated rings. The molecule has 0 aromatic rings. The molecule has 0 unspecified atom stereocenters. The van der Waals surface area contributed by atoms with Crippen LogP contribution in [0.25, 0.3) is 0 Å². The first-order valence-corrected chi connectivity index (χ1v) is 4.47. The summed E-state index contributed by atoms with van der Waals surface area (Å²) in [7, 11) is 0. The van der Waals surface area contributed by atoms with Crippen LogP contribution in [0, 0.1) is 17.8 Å². The molecule has 1 N–H and O–H groups in total. The van der Waals surface area contributed by atoms with E-state index in [-0.39, 0.29) is 6.10 Å². The van der Waals surface area contributed by atoms with Gasteiger partial charge in [0.2, 0.25) is 0 Å². The fourth-order valence-electron chi connectivity index (χ4n) is 2.72. The highest BCUT2D eigenvalue weighted by Crippen LogP contribution is 2.44. The van der Waals surface area contributed by atoms with E-state index in [0.717, 1.165) is 5.92 Å². The topological polar surface area (TPSA) is 20.2 Å². The van der Waals surface area contributed by atoms with E-state index in [9.17, 15) is 5.11 Å². The molecule has 1 nitrogen and oxygen atoms in total. The van der Waals surface area contributed by atoms with Gasteiger partial charge < -0.3 is 5.11 Å². The third kappa shape index (κ3) is 0.800. The summed E-state index contributed by atoms with van der Waals surface area (Å²) in [4.78, 5) is 0. The van der Waals surface area contributed by atoms with Gasteiger partial charge in [-0.15, -0.1) is 0 Å². The Morgan fingerprint density at radius 3 is 1.80 bits per heavy atom. The van der Waals surface area contributed by atoms with Crippen LogP contribution in [0.4, 0.5) is 0 Å². The van der Waals surface area contributed by atoms with Crippen molar-refractivity contribution in [2.24, 2.45) is 17.8 Å². The quantitative estimate of drug-likeness (QED) is 0.544. The molecule has 3 aliphatic rings. The minimum Gasteiger partial charge on any atom is -0.393 e. The van der Waals surface area contributed by atoms with Crippen molar-refractivity contribution in [3.8, 4) is 0 Å². The predicted molar refractivity (Wildman–Crippen MR) is 40.6 cm³/mol. The minimum atomic E-state index is 0.0347. The Morgan fingerprint density at radius 2 is 1.50 bits per heavy atom. The smallest absolute Gasteiger partial charge is 0.0596 e. The Bertz CT molecular complexity index is 105. The van der Waals surface area contributed by atoms with E-state index in [1.54, 1.807) is 0 Å². The second-order valence-corrected chi connectivity index (χ2v) is 4.02. The van der Waals surface area contributed by atoms with Crippen molar-refractivity contribution in [2.45, 2.75) is 38.7 Å². The third-order valence-corrected chi connectivity index (χ3v) is 3.58. The second kappa shape index (κ2) is 2.23. The van der Waals surface area contributed by atoms with Gasteiger partial charge in [0.15, 0.2) is 0 Å². The fraction of sp³-hybridized carbons (Fsp3) is 1.00. The SMILES string of the molecule is C[C@@H]1C2CCC(CC2)[C@@H]1O.